The number of methoxy groups -OCH3 is 1. The average molecular weight is 342 g/mol. The van der Waals surface area contributed by atoms with Crippen molar-refractivity contribution in [2.45, 2.75) is 32.6 Å². The molecule has 1 saturated heterocycles. The number of nitrogens with zero attached hydrogens (tertiary/aromatic N) is 3. The predicted octanol–water partition coefficient (Wildman–Crippen LogP) is 0.522. The van der Waals surface area contributed by atoms with Crippen molar-refractivity contribution in [1.82, 2.24) is 20.4 Å². The van der Waals surface area contributed by atoms with Gasteiger partial charge in [-0.05, 0) is 33.2 Å². The van der Waals surface area contributed by atoms with Gasteiger partial charge in [0, 0.05) is 66.0 Å². The summed E-state index contributed by atoms with van der Waals surface area (Å²) >= 11 is 0. The number of hydrogen-bond acceptors (Lipinski definition) is 4. The first-order chi connectivity index (χ1) is 11.7. The molecule has 0 spiro atoms. The Morgan fingerprint density at radius 1 is 1.33 bits per heavy atom. The highest BCUT2D eigenvalue weighted by molar-refractivity contribution is 5.79. The summed E-state index contributed by atoms with van der Waals surface area (Å²) in [7, 11) is 3.86. The Morgan fingerprint density at radius 3 is 2.83 bits per heavy atom. The monoisotopic (exact) mass is 341 g/mol. The zero-order valence-electron chi connectivity index (χ0n) is 15.6. The Kier molecular flexibility index (Phi) is 11.2. The number of amides is 1. The van der Waals surface area contributed by atoms with Crippen molar-refractivity contribution in [3.63, 3.8) is 0 Å². The minimum Gasteiger partial charge on any atom is -0.385 e. The molecule has 1 heterocycles. The predicted molar refractivity (Wildman–Crippen MR) is 98.4 cm³/mol. The first kappa shape index (κ1) is 20.7. The van der Waals surface area contributed by atoms with Crippen LogP contribution >= 0.6 is 0 Å². The van der Waals surface area contributed by atoms with Crippen molar-refractivity contribution < 1.29 is 9.53 Å². The summed E-state index contributed by atoms with van der Waals surface area (Å²) in [6.07, 6.45) is 3.69. The molecule has 0 aliphatic carbocycles. The van der Waals surface area contributed by atoms with Crippen molar-refractivity contribution in [3.8, 4) is 0 Å². The quantitative estimate of drug-likeness (QED) is 0.308. The molecule has 1 amide bonds. The molecular weight excluding hydrogens is 306 g/mol. The fourth-order valence-corrected chi connectivity index (χ4v) is 2.69. The van der Waals surface area contributed by atoms with Gasteiger partial charge in [0.25, 0.3) is 0 Å². The van der Waals surface area contributed by atoms with Gasteiger partial charge in [-0.1, -0.05) is 0 Å². The number of likely N-dealkylation sites (N-methyl/N-ethyl adjacent to an activating group) is 1. The molecule has 0 aromatic heterocycles. The third kappa shape index (κ3) is 9.08. The fraction of sp³-hybridized carbons (Fsp3) is 0.882. The van der Waals surface area contributed by atoms with E-state index in [0.717, 1.165) is 77.6 Å². The lowest BCUT2D eigenvalue weighted by Crippen LogP contribution is -2.41. The van der Waals surface area contributed by atoms with Crippen LogP contribution in [0.5, 0.6) is 0 Å². The lowest BCUT2D eigenvalue weighted by Gasteiger charge is -2.18. The second-order valence-electron chi connectivity index (χ2n) is 6.17. The molecule has 1 rings (SSSR count). The Hall–Kier alpha value is -1.34. The molecule has 7 nitrogen and oxygen atoms in total. The van der Waals surface area contributed by atoms with Gasteiger partial charge < -0.3 is 25.2 Å². The van der Waals surface area contributed by atoms with Crippen LogP contribution in [-0.4, -0.2) is 88.2 Å². The topological polar surface area (TPSA) is 69.2 Å². The van der Waals surface area contributed by atoms with Gasteiger partial charge in [-0.25, -0.2) is 0 Å². The number of carbonyl (C=O) groups excluding carboxylic acids is 1. The number of likely N-dealkylation sites (tertiary alicyclic amines) is 1. The van der Waals surface area contributed by atoms with Crippen molar-refractivity contribution in [2.75, 3.05) is 66.6 Å². The average Bonchev–Trinajstić information content (AvgIpc) is 2.97. The minimum atomic E-state index is 0.292. The van der Waals surface area contributed by atoms with Gasteiger partial charge in [0.05, 0.1) is 0 Å². The van der Waals surface area contributed by atoms with E-state index in [1.165, 1.54) is 0 Å². The Balaban J connectivity index is 2.18. The third-order valence-corrected chi connectivity index (χ3v) is 4.05. The van der Waals surface area contributed by atoms with Gasteiger partial charge in [0.15, 0.2) is 5.96 Å². The molecule has 140 valence electrons. The third-order valence-electron chi connectivity index (χ3n) is 4.05. The van der Waals surface area contributed by atoms with Gasteiger partial charge in [0.1, 0.15) is 0 Å². The lowest BCUT2D eigenvalue weighted by molar-refractivity contribution is -0.127. The van der Waals surface area contributed by atoms with E-state index in [1.807, 2.05) is 4.90 Å². The molecule has 0 bridgehead atoms. The number of carbonyl (C=O) groups is 1. The standard InChI is InChI=1S/C17H35N5O2/c1-4-18-17(20-10-14-21(2)11-7-15-24-3)19-9-6-13-22-12-5-8-16(22)23/h4-15H2,1-3H3,(H2,18,19,20). The molecule has 0 unspecified atom stereocenters. The first-order valence-corrected chi connectivity index (χ1v) is 9.14. The molecular formula is C17H35N5O2. The Morgan fingerprint density at radius 2 is 2.17 bits per heavy atom. The highest BCUT2D eigenvalue weighted by atomic mass is 16.5. The summed E-state index contributed by atoms with van der Waals surface area (Å²) in [5, 5.41) is 6.63. The summed E-state index contributed by atoms with van der Waals surface area (Å²) in [6, 6.07) is 0. The molecule has 0 aromatic rings. The van der Waals surface area contributed by atoms with E-state index in [1.54, 1.807) is 7.11 Å². The van der Waals surface area contributed by atoms with Gasteiger partial charge in [-0.15, -0.1) is 0 Å². The van der Waals surface area contributed by atoms with E-state index >= 15 is 0 Å². The van der Waals surface area contributed by atoms with Gasteiger partial charge in [-0.2, -0.15) is 0 Å². The zero-order chi connectivity index (χ0) is 17.6. The smallest absolute Gasteiger partial charge is 0.222 e. The number of hydrogen-bond donors (Lipinski definition) is 2. The lowest BCUT2D eigenvalue weighted by atomic mass is 10.4. The SMILES string of the molecule is CCNC(=NCCCN1CCCC1=O)NCCN(C)CCCOC. The normalized spacial score (nSPS) is 15.4. The van der Waals surface area contributed by atoms with Crippen LogP contribution in [0.2, 0.25) is 0 Å². The zero-order valence-corrected chi connectivity index (χ0v) is 15.6. The Labute approximate surface area is 146 Å². The Bertz CT molecular complexity index is 376. The fourth-order valence-electron chi connectivity index (χ4n) is 2.69. The molecule has 0 radical (unpaired) electrons. The summed E-state index contributed by atoms with van der Waals surface area (Å²) in [5.41, 5.74) is 0. The van der Waals surface area contributed by atoms with Gasteiger partial charge >= 0.3 is 0 Å². The number of ether oxygens (including phenoxy) is 1. The maximum absolute atomic E-state index is 11.6. The molecule has 1 aliphatic rings. The molecule has 24 heavy (non-hydrogen) atoms. The molecule has 0 atom stereocenters. The molecule has 0 saturated carbocycles. The van der Waals surface area contributed by atoms with Crippen LogP contribution in [0, 0.1) is 0 Å². The molecule has 2 N–H and O–H groups in total. The van der Waals surface area contributed by atoms with Gasteiger partial charge in [0.2, 0.25) is 5.91 Å². The highest BCUT2D eigenvalue weighted by Crippen LogP contribution is 2.09. The van der Waals surface area contributed by atoms with Crippen LogP contribution in [-0.2, 0) is 9.53 Å². The number of nitrogens with one attached hydrogen (secondary N) is 2. The first-order valence-electron chi connectivity index (χ1n) is 9.14. The second-order valence-corrected chi connectivity index (χ2v) is 6.17. The van der Waals surface area contributed by atoms with Crippen molar-refractivity contribution in [3.05, 3.63) is 0 Å². The summed E-state index contributed by atoms with van der Waals surface area (Å²) < 4.78 is 5.07. The van der Waals surface area contributed by atoms with E-state index in [2.05, 4.69) is 34.5 Å². The van der Waals surface area contributed by atoms with Crippen molar-refractivity contribution in [2.24, 2.45) is 4.99 Å². The molecule has 7 heteroatoms. The van der Waals surface area contributed by atoms with E-state index in [0.29, 0.717) is 12.3 Å². The summed E-state index contributed by atoms with van der Waals surface area (Å²) in [5.74, 6) is 1.15. The van der Waals surface area contributed by atoms with Crippen LogP contribution in [0.4, 0.5) is 0 Å². The van der Waals surface area contributed by atoms with Gasteiger partial charge in [-0.3, -0.25) is 9.79 Å². The maximum Gasteiger partial charge on any atom is 0.222 e. The minimum absolute atomic E-state index is 0.292. The van der Waals surface area contributed by atoms with E-state index in [4.69, 9.17) is 4.74 Å². The number of rotatable bonds is 12. The van der Waals surface area contributed by atoms with E-state index in [-0.39, 0.29) is 0 Å². The van der Waals surface area contributed by atoms with Crippen LogP contribution in [0.15, 0.2) is 4.99 Å². The van der Waals surface area contributed by atoms with Crippen LogP contribution in [0.1, 0.15) is 32.6 Å². The van der Waals surface area contributed by atoms with Crippen LogP contribution in [0.25, 0.3) is 0 Å². The largest absolute Gasteiger partial charge is 0.385 e. The highest BCUT2D eigenvalue weighted by Gasteiger charge is 2.18. The van der Waals surface area contributed by atoms with E-state index < -0.39 is 0 Å². The van der Waals surface area contributed by atoms with Crippen LogP contribution in [0.3, 0.4) is 0 Å². The van der Waals surface area contributed by atoms with Crippen molar-refractivity contribution in [1.29, 1.82) is 0 Å². The number of aliphatic imine (C=N–C) groups is 1. The second kappa shape index (κ2) is 13.0. The molecule has 1 aliphatic heterocycles. The summed E-state index contributed by atoms with van der Waals surface area (Å²) in [4.78, 5) is 20.4. The number of guanidine groups is 1. The molecule has 1 fully saturated rings. The molecule has 0 aromatic carbocycles. The van der Waals surface area contributed by atoms with Crippen molar-refractivity contribution >= 4 is 11.9 Å². The van der Waals surface area contributed by atoms with Crippen LogP contribution < -0.4 is 10.6 Å². The maximum atomic E-state index is 11.6. The summed E-state index contributed by atoms with van der Waals surface area (Å²) in [6.45, 7) is 9.06. The van der Waals surface area contributed by atoms with E-state index in [9.17, 15) is 4.79 Å².